The van der Waals surface area contributed by atoms with Gasteiger partial charge in [-0.05, 0) is 50.6 Å². The maximum atomic E-state index is 12.1. The molecule has 146 valence electrons. The van der Waals surface area contributed by atoms with Crippen LogP contribution in [0.5, 0.6) is 0 Å². The molecule has 6 heteroatoms. The van der Waals surface area contributed by atoms with E-state index in [4.69, 9.17) is 4.52 Å². The summed E-state index contributed by atoms with van der Waals surface area (Å²) in [6.07, 6.45) is 8.03. The SMILES string of the molecule is CC(=O)N1CCCCCC1C1CCN(Cc2nc(CC(C)C)no2)CC1. The minimum absolute atomic E-state index is 0.253. The van der Waals surface area contributed by atoms with Crippen molar-refractivity contribution in [3.63, 3.8) is 0 Å². The van der Waals surface area contributed by atoms with Crippen molar-refractivity contribution in [3.8, 4) is 0 Å². The number of hydrogen-bond acceptors (Lipinski definition) is 5. The summed E-state index contributed by atoms with van der Waals surface area (Å²) in [6, 6.07) is 0.443. The number of carbonyl (C=O) groups excluding carboxylic acids is 1. The molecule has 0 aliphatic carbocycles. The highest BCUT2D eigenvalue weighted by atomic mass is 16.5. The predicted molar refractivity (Wildman–Crippen MR) is 100 cm³/mol. The summed E-state index contributed by atoms with van der Waals surface area (Å²) < 4.78 is 5.42. The van der Waals surface area contributed by atoms with Crippen molar-refractivity contribution in [1.82, 2.24) is 19.9 Å². The summed E-state index contributed by atoms with van der Waals surface area (Å²) in [7, 11) is 0. The number of hydrogen-bond donors (Lipinski definition) is 0. The van der Waals surface area contributed by atoms with E-state index in [-0.39, 0.29) is 5.91 Å². The highest BCUT2D eigenvalue weighted by Gasteiger charge is 2.33. The molecule has 0 bridgehead atoms. The van der Waals surface area contributed by atoms with Gasteiger partial charge in [0.1, 0.15) is 0 Å². The summed E-state index contributed by atoms with van der Waals surface area (Å²) in [5, 5.41) is 4.09. The lowest BCUT2D eigenvalue weighted by molar-refractivity contribution is -0.132. The van der Waals surface area contributed by atoms with Crippen molar-refractivity contribution in [2.45, 2.75) is 78.3 Å². The van der Waals surface area contributed by atoms with E-state index in [1.165, 1.54) is 19.3 Å². The fourth-order valence-electron chi connectivity index (χ4n) is 4.50. The van der Waals surface area contributed by atoms with E-state index in [0.29, 0.717) is 17.9 Å². The van der Waals surface area contributed by atoms with Crippen molar-refractivity contribution in [2.75, 3.05) is 19.6 Å². The molecule has 0 N–H and O–H groups in total. The molecule has 1 amide bonds. The molecule has 2 fully saturated rings. The average Bonchev–Trinajstić information content (AvgIpc) is 2.88. The molecule has 2 aliphatic heterocycles. The first-order valence-corrected chi connectivity index (χ1v) is 10.3. The van der Waals surface area contributed by atoms with Gasteiger partial charge in [0, 0.05) is 25.9 Å². The smallest absolute Gasteiger partial charge is 0.240 e. The summed E-state index contributed by atoms with van der Waals surface area (Å²) in [4.78, 5) is 21.2. The Morgan fingerprint density at radius 1 is 1.15 bits per heavy atom. The lowest BCUT2D eigenvalue weighted by Gasteiger charge is -2.40. The molecule has 1 aromatic rings. The van der Waals surface area contributed by atoms with Crippen LogP contribution in [0.25, 0.3) is 0 Å². The highest BCUT2D eigenvalue weighted by molar-refractivity contribution is 5.73. The van der Waals surface area contributed by atoms with Crippen LogP contribution in [-0.2, 0) is 17.8 Å². The van der Waals surface area contributed by atoms with Gasteiger partial charge >= 0.3 is 0 Å². The van der Waals surface area contributed by atoms with E-state index in [1.54, 1.807) is 6.92 Å². The summed E-state index contributed by atoms with van der Waals surface area (Å²) in [6.45, 7) is 9.86. The van der Waals surface area contributed by atoms with Crippen LogP contribution in [0, 0.1) is 11.8 Å². The van der Waals surface area contributed by atoms with Crippen LogP contribution in [0.15, 0.2) is 4.52 Å². The second-order valence-electron chi connectivity index (χ2n) is 8.44. The summed E-state index contributed by atoms with van der Waals surface area (Å²) in [5.41, 5.74) is 0. The Kier molecular flexibility index (Phi) is 6.68. The van der Waals surface area contributed by atoms with Crippen molar-refractivity contribution >= 4 is 5.91 Å². The number of amides is 1. The number of carbonyl (C=O) groups is 1. The molecule has 1 aromatic heterocycles. The Morgan fingerprint density at radius 2 is 1.92 bits per heavy atom. The fourth-order valence-corrected chi connectivity index (χ4v) is 4.50. The number of aromatic nitrogens is 2. The lowest BCUT2D eigenvalue weighted by Crippen LogP contribution is -2.47. The van der Waals surface area contributed by atoms with E-state index in [9.17, 15) is 4.79 Å². The molecule has 6 nitrogen and oxygen atoms in total. The minimum atomic E-state index is 0.253. The van der Waals surface area contributed by atoms with Crippen LogP contribution in [0.2, 0.25) is 0 Å². The van der Waals surface area contributed by atoms with E-state index in [2.05, 4.69) is 33.8 Å². The van der Waals surface area contributed by atoms with Crippen LogP contribution >= 0.6 is 0 Å². The van der Waals surface area contributed by atoms with Crippen LogP contribution < -0.4 is 0 Å². The standard InChI is InChI=1S/C20H34N4O2/c1-15(2)13-19-21-20(26-22-19)14-23-11-8-17(9-12-23)18-7-5-4-6-10-24(18)16(3)25/h15,17-18H,4-14H2,1-3H3. The van der Waals surface area contributed by atoms with Gasteiger partial charge in [0.25, 0.3) is 0 Å². The van der Waals surface area contributed by atoms with Gasteiger partial charge in [0.2, 0.25) is 11.8 Å². The van der Waals surface area contributed by atoms with Crippen LogP contribution in [0.4, 0.5) is 0 Å². The molecule has 1 unspecified atom stereocenters. The first-order chi connectivity index (χ1) is 12.5. The minimum Gasteiger partial charge on any atom is -0.340 e. The fraction of sp³-hybridized carbons (Fsp3) is 0.850. The van der Waals surface area contributed by atoms with Crippen molar-refractivity contribution in [1.29, 1.82) is 0 Å². The Hall–Kier alpha value is -1.43. The lowest BCUT2D eigenvalue weighted by atomic mass is 9.86. The zero-order chi connectivity index (χ0) is 18.5. The molecule has 0 radical (unpaired) electrons. The summed E-state index contributed by atoms with van der Waals surface area (Å²) >= 11 is 0. The first-order valence-electron chi connectivity index (χ1n) is 10.3. The zero-order valence-electron chi connectivity index (χ0n) is 16.6. The maximum absolute atomic E-state index is 12.1. The second-order valence-corrected chi connectivity index (χ2v) is 8.44. The van der Waals surface area contributed by atoms with Gasteiger partial charge < -0.3 is 9.42 Å². The largest absolute Gasteiger partial charge is 0.340 e. The van der Waals surface area contributed by atoms with E-state index < -0.39 is 0 Å². The van der Waals surface area contributed by atoms with Crippen LogP contribution in [0.3, 0.4) is 0 Å². The third-order valence-corrected chi connectivity index (χ3v) is 5.84. The highest BCUT2D eigenvalue weighted by Crippen LogP contribution is 2.30. The molecular weight excluding hydrogens is 328 g/mol. The number of piperidine rings is 1. The van der Waals surface area contributed by atoms with Gasteiger partial charge in [-0.2, -0.15) is 4.98 Å². The van der Waals surface area contributed by atoms with Crippen LogP contribution in [0.1, 0.15) is 71.0 Å². The molecule has 26 heavy (non-hydrogen) atoms. The molecule has 0 spiro atoms. The molecule has 2 saturated heterocycles. The molecule has 3 rings (SSSR count). The topological polar surface area (TPSA) is 62.5 Å². The Morgan fingerprint density at radius 3 is 2.62 bits per heavy atom. The van der Waals surface area contributed by atoms with Gasteiger partial charge in [-0.25, -0.2) is 0 Å². The molecule has 3 heterocycles. The number of rotatable bonds is 5. The Balaban J connectivity index is 1.51. The number of likely N-dealkylation sites (tertiary alicyclic amines) is 2. The Labute approximate surface area is 157 Å². The normalized spacial score (nSPS) is 23.4. The monoisotopic (exact) mass is 362 g/mol. The van der Waals surface area contributed by atoms with Gasteiger partial charge in [0.05, 0.1) is 6.54 Å². The summed E-state index contributed by atoms with van der Waals surface area (Å²) in [5.74, 6) is 2.98. The van der Waals surface area contributed by atoms with Gasteiger partial charge in [-0.3, -0.25) is 9.69 Å². The molecule has 1 atom stereocenters. The molecule has 2 aliphatic rings. The van der Waals surface area contributed by atoms with Crippen molar-refractivity contribution < 1.29 is 9.32 Å². The number of nitrogens with zero attached hydrogens (tertiary/aromatic N) is 4. The quantitative estimate of drug-likeness (QED) is 0.804. The second kappa shape index (κ2) is 8.98. The molecular formula is C20H34N4O2. The average molecular weight is 363 g/mol. The maximum Gasteiger partial charge on any atom is 0.240 e. The molecule has 0 saturated carbocycles. The van der Waals surface area contributed by atoms with E-state index >= 15 is 0 Å². The zero-order valence-corrected chi connectivity index (χ0v) is 16.6. The third kappa shape index (κ3) is 5.06. The van der Waals surface area contributed by atoms with Gasteiger partial charge in [-0.15, -0.1) is 0 Å². The predicted octanol–water partition coefficient (Wildman–Crippen LogP) is 3.27. The Bertz CT molecular complexity index is 578. The van der Waals surface area contributed by atoms with Crippen LogP contribution in [-0.4, -0.2) is 51.5 Å². The van der Waals surface area contributed by atoms with Gasteiger partial charge in [-0.1, -0.05) is 31.8 Å². The van der Waals surface area contributed by atoms with E-state index in [0.717, 1.165) is 63.6 Å². The van der Waals surface area contributed by atoms with Gasteiger partial charge in [0.15, 0.2) is 5.82 Å². The first kappa shape index (κ1) is 19.3. The van der Waals surface area contributed by atoms with E-state index in [1.807, 2.05) is 0 Å². The van der Waals surface area contributed by atoms with Crippen molar-refractivity contribution in [3.05, 3.63) is 11.7 Å². The van der Waals surface area contributed by atoms with Crippen molar-refractivity contribution in [2.24, 2.45) is 11.8 Å². The third-order valence-electron chi connectivity index (χ3n) is 5.84. The molecule has 0 aromatic carbocycles.